The lowest BCUT2D eigenvalue weighted by Gasteiger charge is -2.23. The van der Waals surface area contributed by atoms with Crippen molar-refractivity contribution >= 4 is 11.6 Å². The van der Waals surface area contributed by atoms with Gasteiger partial charge in [-0.25, -0.2) is 0 Å². The van der Waals surface area contributed by atoms with E-state index in [0.717, 1.165) is 6.42 Å². The summed E-state index contributed by atoms with van der Waals surface area (Å²) in [7, 11) is 0. The van der Waals surface area contributed by atoms with Gasteiger partial charge in [0.15, 0.2) is 0 Å². The van der Waals surface area contributed by atoms with Crippen LogP contribution in [-0.4, -0.2) is 28.5 Å². The predicted octanol–water partition coefficient (Wildman–Crippen LogP) is 1.12. The van der Waals surface area contributed by atoms with Gasteiger partial charge < -0.3 is 16.2 Å². The van der Waals surface area contributed by atoms with Crippen LogP contribution in [0.2, 0.25) is 0 Å². The molecule has 0 aliphatic rings. The van der Waals surface area contributed by atoms with Gasteiger partial charge in [0.25, 0.3) is 5.69 Å². The van der Waals surface area contributed by atoms with Crippen molar-refractivity contribution in [2.45, 2.75) is 32.4 Å². The number of primary amides is 1. The first kappa shape index (κ1) is 17.1. The van der Waals surface area contributed by atoms with Crippen molar-refractivity contribution in [2.75, 3.05) is 6.54 Å². The number of amides is 1. The molecule has 0 saturated carbocycles. The van der Waals surface area contributed by atoms with E-state index >= 15 is 0 Å². The maximum absolute atomic E-state index is 11.4. The van der Waals surface area contributed by atoms with Crippen molar-refractivity contribution in [2.24, 2.45) is 11.7 Å². The Morgan fingerprint density at radius 3 is 2.71 bits per heavy atom. The molecule has 0 heterocycles. The summed E-state index contributed by atoms with van der Waals surface area (Å²) in [5.74, 6) is -0.435. The maximum atomic E-state index is 11.4. The molecule has 1 aromatic rings. The topological polar surface area (TPSA) is 118 Å². The smallest absolute Gasteiger partial charge is 0.269 e. The summed E-state index contributed by atoms with van der Waals surface area (Å²) in [4.78, 5) is 21.6. The van der Waals surface area contributed by atoms with E-state index in [1.807, 2.05) is 13.8 Å². The lowest BCUT2D eigenvalue weighted by atomic mass is 9.98. The molecule has 0 bridgehead atoms. The van der Waals surface area contributed by atoms with E-state index in [4.69, 9.17) is 5.73 Å². The Morgan fingerprint density at radius 1 is 1.52 bits per heavy atom. The number of hydrogen-bond acceptors (Lipinski definition) is 5. The molecule has 0 radical (unpaired) electrons. The lowest BCUT2D eigenvalue weighted by molar-refractivity contribution is -0.385. The third-order valence-electron chi connectivity index (χ3n) is 3.52. The summed E-state index contributed by atoms with van der Waals surface area (Å²) in [6, 6.07) is 5.24. The van der Waals surface area contributed by atoms with Crippen molar-refractivity contribution in [3.63, 3.8) is 0 Å². The number of nitrogens with one attached hydrogen (secondary N) is 1. The van der Waals surface area contributed by atoms with Crippen LogP contribution in [0.25, 0.3) is 0 Å². The number of nitrogens with two attached hydrogens (primary N) is 1. The van der Waals surface area contributed by atoms with Crippen LogP contribution >= 0.6 is 0 Å². The molecule has 1 rings (SSSR count). The number of benzene rings is 1. The van der Waals surface area contributed by atoms with Crippen LogP contribution < -0.4 is 11.1 Å². The number of hydrogen-bond donors (Lipinski definition) is 3. The molecule has 7 nitrogen and oxygen atoms in total. The van der Waals surface area contributed by atoms with Crippen LogP contribution in [0.1, 0.15) is 31.9 Å². The van der Waals surface area contributed by atoms with Crippen molar-refractivity contribution in [1.82, 2.24) is 5.32 Å². The highest BCUT2D eigenvalue weighted by Gasteiger charge is 2.22. The third-order valence-corrected chi connectivity index (χ3v) is 3.52. The molecule has 0 aromatic heterocycles. The zero-order chi connectivity index (χ0) is 16.0. The fourth-order valence-corrected chi connectivity index (χ4v) is 2.02. The second kappa shape index (κ2) is 7.70. The molecule has 0 aliphatic heterocycles. The molecule has 0 spiro atoms. The first-order valence-corrected chi connectivity index (χ1v) is 6.81. The Kier molecular flexibility index (Phi) is 6.26. The highest BCUT2D eigenvalue weighted by molar-refractivity contribution is 5.80. The molecular formula is C14H21N3O4. The van der Waals surface area contributed by atoms with E-state index in [2.05, 4.69) is 5.32 Å². The molecule has 0 fully saturated rings. The van der Waals surface area contributed by atoms with Crippen molar-refractivity contribution in [1.29, 1.82) is 0 Å². The highest BCUT2D eigenvalue weighted by atomic mass is 16.6. The summed E-state index contributed by atoms with van der Waals surface area (Å²) in [5, 5.41) is 23.7. The number of nitro benzene ring substituents is 1. The first-order valence-electron chi connectivity index (χ1n) is 6.81. The molecule has 1 aromatic carbocycles. The van der Waals surface area contributed by atoms with E-state index in [1.54, 1.807) is 6.07 Å². The first-order chi connectivity index (χ1) is 9.86. The number of non-ortho nitro benzene ring substituents is 1. The normalized spacial score (nSPS) is 15.2. The minimum atomic E-state index is -0.948. The van der Waals surface area contributed by atoms with E-state index < -0.39 is 23.0 Å². The molecule has 3 unspecified atom stereocenters. The van der Waals surface area contributed by atoms with E-state index in [-0.39, 0.29) is 18.2 Å². The summed E-state index contributed by atoms with van der Waals surface area (Å²) in [6.07, 6.45) is -0.177. The average Bonchev–Trinajstić information content (AvgIpc) is 2.46. The molecule has 3 atom stereocenters. The van der Waals surface area contributed by atoms with Crippen LogP contribution in [0.5, 0.6) is 0 Å². The van der Waals surface area contributed by atoms with Crippen LogP contribution in [0.15, 0.2) is 24.3 Å². The van der Waals surface area contributed by atoms with Crippen molar-refractivity contribution in [3.05, 3.63) is 39.9 Å². The van der Waals surface area contributed by atoms with Gasteiger partial charge in [-0.05, 0) is 11.5 Å². The monoisotopic (exact) mass is 295 g/mol. The Hall–Kier alpha value is -1.99. The van der Waals surface area contributed by atoms with Gasteiger partial charge in [-0.2, -0.15) is 0 Å². The number of carbonyl (C=O) groups excluding carboxylic acids is 1. The zero-order valence-electron chi connectivity index (χ0n) is 12.2. The SMILES string of the molecule is CCC(C)C(NCC(O)c1cccc([N+](=O)[O-])c1)C(N)=O. The predicted molar refractivity (Wildman–Crippen MR) is 78.5 cm³/mol. The molecule has 21 heavy (non-hydrogen) atoms. The quantitative estimate of drug-likeness (QED) is 0.490. The molecule has 4 N–H and O–H groups in total. The van der Waals surface area contributed by atoms with Crippen LogP contribution in [0.4, 0.5) is 5.69 Å². The molecule has 0 saturated heterocycles. The Labute approximate surface area is 123 Å². The average molecular weight is 295 g/mol. The number of nitro groups is 1. The van der Waals surface area contributed by atoms with Crippen molar-refractivity contribution in [3.8, 4) is 0 Å². The molecular weight excluding hydrogens is 274 g/mol. The van der Waals surface area contributed by atoms with E-state index in [1.165, 1.54) is 18.2 Å². The Bertz CT molecular complexity index is 507. The second-order valence-corrected chi connectivity index (χ2v) is 5.04. The van der Waals surface area contributed by atoms with Gasteiger partial charge in [0, 0.05) is 18.7 Å². The molecule has 116 valence electrons. The number of rotatable bonds is 8. The van der Waals surface area contributed by atoms with Gasteiger partial charge in [0.2, 0.25) is 5.91 Å². The van der Waals surface area contributed by atoms with Gasteiger partial charge >= 0.3 is 0 Å². The van der Waals surface area contributed by atoms with E-state index in [0.29, 0.717) is 5.56 Å². The Balaban J connectivity index is 2.72. The van der Waals surface area contributed by atoms with Gasteiger partial charge in [0.05, 0.1) is 17.1 Å². The van der Waals surface area contributed by atoms with Crippen LogP contribution in [0.3, 0.4) is 0 Å². The second-order valence-electron chi connectivity index (χ2n) is 5.04. The minimum absolute atomic E-state index is 0.0415. The number of aliphatic hydroxyl groups is 1. The number of aliphatic hydroxyl groups excluding tert-OH is 1. The third kappa shape index (κ3) is 4.80. The van der Waals surface area contributed by atoms with Crippen LogP contribution in [-0.2, 0) is 4.79 Å². The summed E-state index contributed by atoms with van der Waals surface area (Å²) < 4.78 is 0. The number of nitrogens with zero attached hydrogens (tertiary/aromatic N) is 1. The lowest BCUT2D eigenvalue weighted by Crippen LogP contribution is -2.47. The Morgan fingerprint density at radius 2 is 2.19 bits per heavy atom. The van der Waals surface area contributed by atoms with Gasteiger partial charge in [-0.15, -0.1) is 0 Å². The van der Waals surface area contributed by atoms with Crippen LogP contribution in [0, 0.1) is 16.0 Å². The standard InChI is InChI=1S/C14H21N3O4/c1-3-9(2)13(14(15)19)16-8-12(18)10-5-4-6-11(7-10)17(20)21/h4-7,9,12-13,16,18H,3,8H2,1-2H3,(H2,15,19). The van der Waals surface area contributed by atoms with Gasteiger partial charge in [-0.3, -0.25) is 14.9 Å². The molecule has 7 heteroatoms. The van der Waals surface area contributed by atoms with Crippen molar-refractivity contribution < 1.29 is 14.8 Å². The fraction of sp³-hybridized carbons (Fsp3) is 0.500. The van der Waals surface area contributed by atoms with E-state index in [9.17, 15) is 20.0 Å². The zero-order valence-corrected chi connectivity index (χ0v) is 12.2. The largest absolute Gasteiger partial charge is 0.387 e. The summed E-state index contributed by atoms with van der Waals surface area (Å²) in [5.41, 5.74) is 5.67. The summed E-state index contributed by atoms with van der Waals surface area (Å²) in [6.45, 7) is 3.93. The molecule has 1 amide bonds. The highest BCUT2D eigenvalue weighted by Crippen LogP contribution is 2.19. The fourth-order valence-electron chi connectivity index (χ4n) is 2.02. The van der Waals surface area contributed by atoms with Gasteiger partial charge in [-0.1, -0.05) is 32.4 Å². The maximum Gasteiger partial charge on any atom is 0.269 e. The summed E-state index contributed by atoms with van der Waals surface area (Å²) >= 11 is 0. The van der Waals surface area contributed by atoms with Gasteiger partial charge in [0.1, 0.15) is 0 Å². The minimum Gasteiger partial charge on any atom is -0.387 e. The molecule has 0 aliphatic carbocycles. The number of carbonyl (C=O) groups is 1.